The van der Waals surface area contributed by atoms with Crippen LogP contribution in [0.3, 0.4) is 0 Å². The van der Waals surface area contributed by atoms with E-state index in [-0.39, 0.29) is 0 Å². The first kappa shape index (κ1) is 47.0. The van der Waals surface area contributed by atoms with Crippen molar-refractivity contribution in [2.45, 2.75) is 166 Å². The first-order valence-electron chi connectivity index (χ1n) is 23.0. The van der Waals surface area contributed by atoms with Crippen LogP contribution in [0.15, 0.2) is 0 Å². The highest BCUT2D eigenvalue weighted by Gasteiger charge is 2.22. The van der Waals surface area contributed by atoms with Gasteiger partial charge in [0.2, 0.25) is 0 Å². The normalized spacial score (nSPS) is 11.8. The summed E-state index contributed by atoms with van der Waals surface area (Å²) in [5, 5.41) is 9.00. The Hall–Kier alpha value is -4.02. The third kappa shape index (κ3) is 6.76. The molecule has 0 radical (unpaired) electrons. The van der Waals surface area contributed by atoms with E-state index in [4.69, 9.17) is 0 Å². The molecule has 0 amide bonds. The minimum absolute atomic E-state index is 1.45. The van der Waals surface area contributed by atoms with Crippen molar-refractivity contribution < 1.29 is 0 Å². The van der Waals surface area contributed by atoms with Crippen LogP contribution >= 0.6 is 34.0 Å². The predicted octanol–water partition coefficient (Wildman–Crippen LogP) is 19.6. The molecule has 3 aromatic heterocycles. The molecule has 0 N–H and O–H groups in total. The molecule has 0 unspecified atom stereocenters. The third-order valence-corrected chi connectivity index (χ3v) is 21.4. The Balaban J connectivity index is 0.000000142. The second kappa shape index (κ2) is 16.4. The van der Waals surface area contributed by atoms with Crippen LogP contribution in [0.2, 0.25) is 0 Å². The van der Waals surface area contributed by atoms with Crippen molar-refractivity contribution in [2.24, 2.45) is 0 Å². The van der Waals surface area contributed by atoms with Gasteiger partial charge in [-0.1, -0.05) is 0 Å². The van der Waals surface area contributed by atoms with E-state index in [1.165, 1.54) is 194 Å². The maximum absolute atomic E-state index is 2.29. The van der Waals surface area contributed by atoms with Crippen LogP contribution in [0.1, 0.15) is 134 Å². The Morgan fingerprint density at radius 2 is 0.222 bits per heavy atom. The van der Waals surface area contributed by atoms with E-state index >= 15 is 0 Å². The van der Waals surface area contributed by atoms with Gasteiger partial charge in [0.05, 0.1) is 0 Å². The van der Waals surface area contributed by atoms with Gasteiger partial charge in [-0.15, -0.1) is 34.0 Å². The van der Waals surface area contributed by atoms with Gasteiger partial charge in [0.1, 0.15) is 0 Å². The summed E-state index contributed by atoms with van der Waals surface area (Å²) < 4.78 is 8.93. The molecule has 0 saturated carbocycles. The molecule has 0 fully saturated rings. The summed E-state index contributed by atoms with van der Waals surface area (Å²) in [5.74, 6) is 0. The van der Waals surface area contributed by atoms with Crippen LogP contribution in [0.4, 0.5) is 0 Å². The Labute approximate surface area is 391 Å². The first-order valence-corrected chi connectivity index (χ1v) is 25.4. The average Bonchev–Trinajstić information content (AvgIpc) is 4.00. The van der Waals surface area contributed by atoms with Crippen molar-refractivity contribution in [3.8, 4) is 0 Å². The second-order valence-electron chi connectivity index (χ2n) is 19.5. The molecule has 0 spiro atoms. The Bertz CT molecular complexity index is 2870. The second-order valence-corrected chi connectivity index (χ2v) is 22.6. The lowest BCUT2D eigenvalue weighted by Gasteiger charge is -2.13. The van der Waals surface area contributed by atoms with Crippen LogP contribution in [0.5, 0.6) is 0 Å². The summed E-state index contributed by atoms with van der Waals surface area (Å²) in [6, 6.07) is 0. The molecule has 0 saturated heterocycles. The van der Waals surface area contributed by atoms with Gasteiger partial charge in [-0.05, 0) is 300 Å². The van der Waals surface area contributed by atoms with Crippen molar-refractivity contribution in [2.75, 3.05) is 0 Å². The average molecular weight is 889 g/mol. The summed E-state index contributed by atoms with van der Waals surface area (Å²) >= 11 is 5.97. The predicted molar refractivity (Wildman–Crippen MR) is 292 cm³/mol. The monoisotopic (exact) mass is 888 g/mol. The summed E-state index contributed by atoms with van der Waals surface area (Å²) in [6.07, 6.45) is 0. The number of benzene rings is 6. The van der Waals surface area contributed by atoms with Crippen molar-refractivity contribution >= 4 is 94.5 Å². The minimum Gasteiger partial charge on any atom is -0.135 e. The Kier molecular flexibility index (Phi) is 12.3. The highest BCUT2D eigenvalue weighted by Crippen LogP contribution is 2.48. The minimum atomic E-state index is 1.45. The maximum atomic E-state index is 2.29. The molecule has 9 rings (SSSR count). The van der Waals surface area contributed by atoms with Crippen molar-refractivity contribution in [1.82, 2.24) is 0 Å². The van der Waals surface area contributed by atoms with Gasteiger partial charge in [-0.3, -0.25) is 0 Å². The molecular formula is C60H72S3. The lowest BCUT2D eigenvalue weighted by Crippen LogP contribution is -1.94. The lowest BCUT2D eigenvalue weighted by atomic mass is 9.90. The van der Waals surface area contributed by atoms with Crippen molar-refractivity contribution in [3.63, 3.8) is 0 Å². The number of rotatable bonds is 0. The van der Waals surface area contributed by atoms with E-state index < -0.39 is 0 Å². The quantitative estimate of drug-likeness (QED) is 0.142. The zero-order valence-electron chi connectivity index (χ0n) is 43.2. The summed E-state index contributed by atoms with van der Waals surface area (Å²) in [4.78, 5) is 0. The van der Waals surface area contributed by atoms with Gasteiger partial charge in [-0.2, -0.15) is 0 Å². The van der Waals surface area contributed by atoms with E-state index in [9.17, 15) is 0 Å². The van der Waals surface area contributed by atoms with Gasteiger partial charge < -0.3 is 0 Å². The topological polar surface area (TPSA) is 0 Å². The SMILES string of the molecule is Cc1c(C)c(C)c2c(sc3c(C)c(C)c(C)c(C)c32)c1C.Cc1c(C)c(C)c2c(sc3c(C)c(C)c(C)c(C)c32)c1C.Cc1c(C)c(C)c2c(sc3c(C)c(C)c(C)c(C)c32)c1C. The Morgan fingerprint density at radius 1 is 0.127 bits per heavy atom. The molecule has 63 heavy (non-hydrogen) atoms. The first-order chi connectivity index (χ1) is 29.3. The number of hydrogen-bond acceptors (Lipinski definition) is 3. The standard InChI is InChI=1S/3C20H24S/c3*1-9-11(3)15(7)19-17(13(9)5)18-14(6)10(2)12(4)16(8)20(18)21-19/h3*1-8H3. The summed E-state index contributed by atoms with van der Waals surface area (Å²) in [7, 11) is 0. The van der Waals surface area contributed by atoms with E-state index in [0.29, 0.717) is 0 Å². The smallest absolute Gasteiger partial charge is 0.0390 e. The molecule has 0 aliphatic rings. The van der Waals surface area contributed by atoms with Gasteiger partial charge in [0.15, 0.2) is 0 Å². The van der Waals surface area contributed by atoms with Crippen LogP contribution in [-0.4, -0.2) is 0 Å². The van der Waals surface area contributed by atoms with Gasteiger partial charge >= 0.3 is 0 Å². The third-order valence-electron chi connectivity index (χ3n) is 17.1. The molecule has 0 nitrogen and oxygen atoms in total. The largest absolute Gasteiger partial charge is 0.135 e. The highest BCUT2D eigenvalue weighted by molar-refractivity contribution is 7.27. The molecule has 3 heteroatoms. The van der Waals surface area contributed by atoms with Gasteiger partial charge in [-0.25, -0.2) is 0 Å². The molecule has 330 valence electrons. The molecule has 6 aromatic carbocycles. The van der Waals surface area contributed by atoms with E-state index in [1.54, 1.807) is 0 Å². The molecule has 0 bridgehead atoms. The number of thiophene rings is 3. The summed E-state index contributed by atoms with van der Waals surface area (Å²) in [6.45, 7) is 54.6. The van der Waals surface area contributed by atoms with Crippen LogP contribution in [-0.2, 0) is 0 Å². The number of hydrogen-bond donors (Lipinski definition) is 0. The fourth-order valence-corrected chi connectivity index (χ4v) is 15.1. The van der Waals surface area contributed by atoms with Gasteiger partial charge in [0, 0.05) is 60.5 Å². The molecule has 9 aromatic rings. The zero-order chi connectivity index (χ0) is 46.9. The molecule has 0 atom stereocenters. The number of fused-ring (bicyclic) bond motifs is 9. The van der Waals surface area contributed by atoms with Crippen LogP contribution in [0.25, 0.3) is 60.5 Å². The molecular weight excluding hydrogens is 817 g/mol. The van der Waals surface area contributed by atoms with Crippen molar-refractivity contribution in [3.05, 3.63) is 134 Å². The maximum Gasteiger partial charge on any atom is 0.0390 e. The summed E-state index contributed by atoms with van der Waals surface area (Å²) in [5.41, 5.74) is 35.0. The Morgan fingerprint density at radius 3 is 0.333 bits per heavy atom. The van der Waals surface area contributed by atoms with E-state index in [2.05, 4.69) is 166 Å². The van der Waals surface area contributed by atoms with E-state index in [0.717, 1.165) is 0 Å². The van der Waals surface area contributed by atoms with Gasteiger partial charge in [0.25, 0.3) is 0 Å². The van der Waals surface area contributed by atoms with Crippen LogP contribution < -0.4 is 0 Å². The fraction of sp³-hybridized carbons (Fsp3) is 0.400. The molecule has 0 aliphatic heterocycles. The lowest BCUT2D eigenvalue weighted by molar-refractivity contribution is 1.25. The number of aryl methyl sites for hydroxylation is 12. The molecule has 3 heterocycles. The van der Waals surface area contributed by atoms with Crippen molar-refractivity contribution in [1.29, 1.82) is 0 Å². The molecule has 0 aliphatic carbocycles. The zero-order valence-corrected chi connectivity index (χ0v) is 45.7. The van der Waals surface area contributed by atoms with E-state index in [1.807, 2.05) is 34.0 Å². The van der Waals surface area contributed by atoms with Crippen LogP contribution in [0, 0.1) is 166 Å². The highest BCUT2D eigenvalue weighted by atomic mass is 32.1. The fourth-order valence-electron chi connectivity index (χ4n) is 10.5.